The minimum absolute atomic E-state index is 0.0517. The molecule has 8 nitrogen and oxygen atoms in total. The van der Waals surface area contributed by atoms with Gasteiger partial charge in [0.15, 0.2) is 0 Å². The predicted molar refractivity (Wildman–Crippen MR) is 129 cm³/mol. The van der Waals surface area contributed by atoms with Crippen LogP contribution in [0.3, 0.4) is 0 Å². The Morgan fingerprint density at radius 1 is 1.06 bits per heavy atom. The zero-order chi connectivity index (χ0) is 24.7. The van der Waals surface area contributed by atoms with Gasteiger partial charge < -0.3 is 25.0 Å². The number of hydrogen-bond donors (Lipinski definition) is 2. The molecule has 3 amide bonds. The molecule has 0 aliphatic carbocycles. The van der Waals surface area contributed by atoms with E-state index in [2.05, 4.69) is 10.6 Å². The minimum atomic E-state index is -0.756. The van der Waals surface area contributed by atoms with Crippen molar-refractivity contribution in [2.45, 2.75) is 38.3 Å². The van der Waals surface area contributed by atoms with E-state index in [-0.39, 0.29) is 30.2 Å². The number of carbonyl (C=O) groups is 3. The fraction of sp³-hybridized carbons (Fsp3) is 0.400. The van der Waals surface area contributed by atoms with Gasteiger partial charge in [-0.25, -0.2) is 0 Å². The summed E-state index contributed by atoms with van der Waals surface area (Å²) in [6, 6.07) is 11.3. The molecule has 2 aromatic carbocycles. The molecular formula is C25H30ClN3O5. The molecule has 1 fully saturated rings. The van der Waals surface area contributed by atoms with E-state index in [1.807, 2.05) is 6.07 Å². The second-order valence-corrected chi connectivity index (χ2v) is 8.65. The van der Waals surface area contributed by atoms with E-state index in [0.29, 0.717) is 48.0 Å². The van der Waals surface area contributed by atoms with Crippen LogP contribution in [-0.4, -0.2) is 62.0 Å². The summed E-state index contributed by atoms with van der Waals surface area (Å²) in [5, 5.41) is 6.36. The zero-order valence-corrected chi connectivity index (χ0v) is 20.4. The van der Waals surface area contributed by atoms with Crippen LogP contribution in [0.4, 0.5) is 0 Å². The summed E-state index contributed by atoms with van der Waals surface area (Å²) in [5.74, 6) is 0.605. The van der Waals surface area contributed by atoms with Crippen molar-refractivity contribution in [3.63, 3.8) is 0 Å². The Morgan fingerprint density at radius 2 is 1.74 bits per heavy atom. The number of carbonyl (C=O) groups excluding carboxylic acids is 3. The van der Waals surface area contributed by atoms with Crippen LogP contribution in [0.5, 0.6) is 11.5 Å². The van der Waals surface area contributed by atoms with Gasteiger partial charge in [-0.05, 0) is 48.7 Å². The van der Waals surface area contributed by atoms with Gasteiger partial charge in [0.2, 0.25) is 11.8 Å². The minimum Gasteiger partial charge on any atom is -0.497 e. The smallest absolute Gasteiger partial charge is 0.253 e. The predicted octanol–water partition coefficient (Wildman–Crippen LogP) is 2.83. The monoisotopic (exact) mass is 487 g/mol. The molecule has 0 saturated carbocycles. The molecular weight excluding hydrogens is 458 g/mol. The van der Waals surface area contributed by atoms with E-state index in [9.17, 15) is 14.4 Å². The largest absolute Gasteiger partial charge is 0.497 e. The number of benzene rings is 2. The first-order valence-corrected chi connectivity index (χ1v) is 11.5. The highest BCUT2D eigenvalue weighted by molar-refractivity contribution is 6.30. The average molecular weight is 488 g/mol. The third kappa shape index (κ3) is 6.63. The molecule has 2 aromatic rings. The number of likely N-dealkylation sites (tertiary alicyclic amines) is 1. The number of ether oxygens (including phenoxy) is 2. The fourth-order valence-electron chi connectivity index (χ4n) is 4.00. The normalized spacial score (nSPS) is 14.8. The number of nitrogens with one attached hydrogen (secondary N) is 2. The number of piperidine rings is 1. The number of halogens is 1. The maximum Gasteiger partial charge on any atom is 0.253 e. The molecule has 0 aromatic heterocycles. The van der Waals surface area contributed by atoms with Crippen molar-refractivity contribution in [1.29, 1.82) is 0 Å². The van der Waals surface area contributed by atoms with Crippen LogP contribution in [0.25, 0.3) is 0 Å². The van der Waals surface area contributed by atoms with Crippen molar-refractivity contribution in [1.82, 2.24) is 15.5 Å². The summed E-state index contributed by atoms with van der Waals surface area (Å²) in [4.78, 5) is 39.3. The highest BCUT2D eigenvalue weighted by Gasteiger charge is 2.28. The van der Waals surface area contributed by atoms with Crippen molar-refractivity contribution >= 4 is 29.3 Å². The summed E-state index contributed by atoms with van der Waals surface area (Å²) in [6.07, 6.45) is 1.53. The van der Waals surface area contributed by atoms with Crippen LogP contribution in [0.1, 0.15) is 35.7 Å². The second-order valence-electron chi connectivity index (χ2n) is 8.22. The topological polar surface area (TPSA) is 97.0 Å². The summed E-state index contributed by atoms with van der Waals surface area (Å²) in [5.41, 5.74) is 1.37. The lowest BCUT2D eigenvalue weighted by Gasteiger charge is -2.33. The number of nitrogens with zero attached hydrogens (tertiary/aromatic N) is 1. The van der Waals surface area contributed by atoms with Crippen molar-refractivity contribution in [3.8, 4) is 11.5 Å². The number of hydrogen-bond acceptors (Lipinski definition) is 5. The highest BCUT2D eigenvalue weighted by Crippen LogP contribution is 2.26. The Kier molecular flexibility index (Phi) is 8.76. The molecule has 1 unspecified atom stereocenters. The Morgan fingerprint density at radius 3 is 2.32 bits per heavy atom. The molecule has 34 heavy (non-hydrogen) atoms. The first kappa shape index (κ1) is 25.4. The molecule has 9 heteroatoms. The van der Waals surface area contributed by atoms with E-state index < -0.39 is 6.04 Å². The van der Waals surface area contributed by atoms with Gasteiger partial charge in [0.05, 0.1) is 14.2 Å². The Bertz CT molecular complexity index is 1020. The molecule has 0 radical (unpaired) electrons. The van der Waals surface area contributed by atoms with Crippen molar-refractivity contribution in [2.75, 3.05) is 27.3 Å². The van der Waals surface area contributed by atoms with Gasteiger partial charge in [0.1, 0.15) is 17.5 Å². The lowest BCUT2D eigenvalue weighted by molar-refractivity contribution is -0.128. The Balaban J connectivity index is 1.60. The van der Waals surface area contributed by atoms with Crippen molar-refractivity contribution in [2.24, 2.45) is 0 Å². The molecule has 1 saturated heterocycles. The zero-order valence-electron chi connectivity index (χ0n) is 19.6. The van der Waals surface area contributed by atoms with Gasteiger partial charge in [0, 0.05) is 49.1 Å². The Hall–Kier alpha value is -3.26. The molecule has 1 aliphatic rings. The number of methoxy groups -OCH3 is 2. The van der Waals surface area contributed by atoms with Gasteiger partial charge in [-0.15, -0.1) is 0 Å². The van der Waals surface area contributed by atoms with Crippen molar-refractivity contribution in [3.05, 3.63) is 58.6 Å². The van der Waals surface area contributed by atoms with Crippen molar-refractivity contribution < 1.29 is 23.9 Å². The SMILES string of the molecule is COc1ccc(CC(NC(C)=O)C(=O)NC2CCN(C(=O)c3ccc(Cl)cc3)CC2)c(OC)c1. The fourth-order valence-corrected chi connectivity index (χ4v) is 4.12. The van der Waals surface area contributed by atoms with E-state index in [4.69, 9.17) is 21.1 Å². The average Bonchev–Trinajstić information content (AvgIpc) is 2.84. The molecule has 0 spiro atoms. The number of amides is 3. The maximum atomic E-state index is 13.1. The van der Waals surface area contributed by atoms with Gasteiger partial charge >= 0.3 is 0 Å². The molecule has 182 valence electrons. The standard InChI is InChI=1S/C25H30ClN3O5/c1-16(30)27-22(14-18-6-9-21(33-2)15-23(18)34-3)24(31)28-20-10-12-29(13-11-20)25(32)17-4-7-19(26)8-5-17/h4-9,15,20,22H,10-14H2,1-3H3,(H,27,30)(H,28,31). The van der Waals surface area contributed by atoms with Crippen LogP contribution in [0.2, 0.25) is 5.02 Å². The van der Waals surface area contributed by atoms with E-state index >= 15 is 0 Å². The van der Waals surface area contributed by atoms with Gasteiger partial charge in [-0.2, -0.15) is 0 Å². The second kappa shape index (κ2) is 11.7. The molecule has 1 atom stereocenters. The number of rotatable bonds is 8. The lowest BCUT2D eigenvalue weighted by Crippen LogP contribution is -2.53. The lowest BCUT2D eigenvalue weighted by atomic mass is 10.0. The summed E-state index contributed by atoms with van der Waals surface area (Å²) in [6.45, 7) is 2.44. The van der Waals surface area contributed by atoms with Gasteiger partial charge in [0.25, 0.3) is 5.91 Å². The van der Waals surface area contributed by atoms with Crippen LogP contribution in [0, 0.1) is 0 Å². The third-order valence-corrected chi connectivity index (χ3v) is 6.08. The van der Waals surface area contributed by atoms with Gasteiger partial charge in [-0.3, -0.25) is 14.4 Å². The van der Waals surface area contributed by atoms with Crippen LogP contribution in [0.15, 0.2) is 42.5 Å². The van der Waals surface area contributed by atoms with Crippen LogP contribution >= 0.6 is 11.6 Å². The quantitative estimate of drug-likeness (QED) is 0.596. The first-order valence-electron chi connectivity index (χ1n) is 11.1. The van der Waals surface area contributed by atoms with Crippen LogP contribution in [-0.2, 0) is 16.0 Å². The molecule has 1 heterocycles. The molecule has 2 N–H and O–H groups in total. The molecule has 0 bridgehead atoms. The highest BCUT2D eigenvalue weighted by atomic mass is 35.5. The maximum absolute atomic E-state index is 13.1. The van der Waals surface area contributed by atoms with E-state index in [1.54, 1.807) is 55.5 Å². The summed E-state index contributed by atoms with van der Waals surface area (Å²) < 4.78 is 10.7. The summed E-state index contributed by atoms with van der Waals surface area (Å²) in [7, 11) is 3.11. The van der Waals surface area contributed by atoms with Gasteiger partial charge in [-0.1, -0.05) is 17.7 Å². The van der Waals surface area contributed by atoms with E-state index in [0.717, 1.165) is 5.56 Å². The molecule has 1 aliphatic heterocycles. The van der Waals surface area contributed by atoms with E-state index in [1.165, 1.54) is 6.92 Å². The van der Waals surface area contributed by atoms with Crippen LogP contribution < -0.4 is 20.1 Å². The third-order valence-electron chi connectivity index (χ3n) is 5.83. The Labute approximate surface area is 204 Å². The first-order chi connectivity index (χ1) is 16.3. The summed E-state index contributed by atoms with van der Waals surface area (Å²) >= 11 is 5.90. The molecule has 3 rings (SSSR count).